The summed E-state index contributed by atoms with van der Waals surface area (Å²) < 4.78 is 65.5. The van der Waals surface area contributed by atoms with E-state index in [0.717, 1.165) is 39.0 Å². The Balaban J connectivity index is 0.000000905. The number of unbranched alkanes of at least 4 members (excludes halogenated alkanes) is 1. The molecule has 38 heavy (non-hydrogen) atoms. The lowest BCUT2D eigenvalue weighted by molar-refractivity contribution is -0.192. The van der Waals surface area contributed by atoms with E-state index < -0.39 is 22.2 Å². The van der Waals surface area contributed by atoms with Crippen molar-refractivity contribution in [1.82, 2.24) is 19.5 Å². The maximum absolute atomic E-state index is 12.7. The minimum absolute atomic E-state index is 0.119. The Bertz CT molecular complexity index is 975. The van der Waals surface area contributed by atoms with Gasteiger partial charge in [0, 0.05) is 38.8 Å². The number of sulfonamides is 1. The number of carboxylic acid groups (broad SMARTS) is 1. The third kappa shape index (κ3) is 12.9. The van der Waals surface area contributed by atoms with Crippen molar-refractivity contribution >= 4 is 33.4 Å². The van der Waals surface area contributed by atoms with Gasteiger partial charge >= 0.3 is 12.1 Å². The number of aliphatic carboxylic acids is 1. The summed E-state index contributed by atoms with van der Waals surface area (Å²) in [4.78, 5) is 17.7. The molecule has 1 aliphatic rings. The van der Waals surface area contributed by atoms with Crippen molar-refractivity contribution in [2.24, 2.45) is 0 Å². The zero-order valence-corrected chi connectivity index (χ0v) is 24.0. The van der Waals surface area contributed by atoms with Crippen LogP contribution in [0.25, 0.3) is 0 Å². The van der Waals surface area contributed by atoms with Gasteiger partial charge in [-0.25, -0.2) is 22.9 Å². The van der Waals surface area contributed by atoms with E-state index in [4.69, 9.17) is 26.2 Å². The van der Waals surface area contributed by atoms with E-state index in [2.05, 4.69) is 52.5 Å². The molecule has 3 N–H and O–H groups in total. The Labute approximate surface area is 227 Å². The minimum atomic E-state index is -5.08. The number of nitrogens with zero attached hydrogens (tertiary/aromatic N) is 3. The predicted molar refractivity (Wildman–Crippen MR) is 140 cm³/mol. The monoisotopic (exact) mass is 589 g/mol. The molecule has 2 rings (SSSR count). The zero-order valence-electron chi connectivity index (χ0n) is 22.4. The molecule has 0 saturated carbocycles. The highest BCUT2D eigenvalue weighted by atomic mass is 35.5. The third-order valence-electron chi connectivity index (χ3n) is 5.65. The van der Waals surface area contributed by atoms with Crippen LogP contribution in [0, 0.1) is 0 Å². The van der Waals surface area contributed by atoms with Gasteiger partial charge in [-0.05, 0) is 66.3 Å². The Morgan fingerprint density at radius 2 is 1.82 bits per heavy atom. The molecule has 0 radical (unpaired) electrons. The van der Waals surface area contributed by atoms with Crippen molar-refractivity contribution in [2.75, 3.05) is 51.6 Å². The van der Waals surface area contributed by atoms with Crippen LogP contribution in [0.3, 0.4) is 0 Å². The molecule has 1 aromatic rings. The Morgan fingerprint density at radius 3 is 2.34 bits per heavy atom. The van der Waals surface area contributed by atoms with Gasteiger partial charge in [0.2, 0.25) is 0 Å². The standard InChI is InChI=1S/C21H38ClN5O3S.C2HF3O2/c1-16(2)26(5)13-11-23-20-9-8-19(22)21(25-20)31(28,29)24-10-6-7-12-27-14-17(3)30-18(4)15-27;3-2(4,5)1(6)7/h8-9,16-18,24H,6-7,10-15H2,1-5H3,(H,23,25);(H,6,7). The molecular formula is C23H39ClF3N5O5S. The molecule has 0 amide bonds. The van der Waals surface area contributed by atoms with Crippen LogP contribution in [-0.2, 0) is 19.6 Å². The maximum atomic E-state index is 12.7. The normalized spacial score (nSPS) is 18.8. The summed E-state index contributed by atoms with van der Waals surface area (Å²) in [5.74, 6) is -2.26. The molecule has 1 saturated heterocycles. The zero-order chi connectivity index (χ0) is 29.1. The van der Waals surface area contributed by atoms with Gasteiger partial charge in [-0.1, -0.05) is 11.6 Å². The third-order valence-corrected chi connectivity index (χ3v) is 7.47. The number of likely N-dealkylation sites (N-methyl/N-ethyl adjacent to an activating group) is 1. The number of aromatic nitrogens is 1. The molecule has 0 aliphatic carbocycles. The summed E-state index contributed by atoms with van der Waals surface area (Å²) in [6, 6.07) is 3.70. The van der Waals surface area contributed by atoms with Gasteiger partial charge in [0.05, 0.1) is 17.2 Å². The number of rotatable bonds is 12. The van der Waals surface area contributed by atoms with E-state index in [1.807, 2.05) is 7.05 Å². The van der Waals surface area contributed by atoms with Gasteiger partial charge in [-0.15, -0.1) is 0 Å². The van der Waals surface area contributed by atoms with Crippen LogP contribution in [0.2, 0.25) is 5.02 Å². The number of morpholine rings is 1. The number of halogens is 4. The fourth-order valence-corrected chi connectivity index (χ4v) is 5.03. The smallest absolute Gasteiger partial charge is 0.475 e. The van der Waals surface area contributed by atoms with Crippen molar-refractivity contribution < 1.29 is 36.2 Å². The van der Waals surface area contributed by atoms with E-state index in [1.54, 1.807) is 12.1 Å². The molecule has 1 fully saturated rings. The molecule has 2 unspecified atom stereocenters. The second-order valence-corrected chi connectivity index (χ2v) is 11.5. The highest BCUT2D eigenvalue weighted by molar-refractivity contribution is 7.89. The Kier molecular flexibility index (Phi) is 14.2. The highest BCUT2D eigenvalue weighted by Crippen LogP contribution is 2.21. The summed E-state index contributed by atoms with van der Waals surface area (Å²) in [6.45, 7) is 13.0. The topological polar surface area (TPSA) is 124 Å². The number of carboxylic acids is 1. The second kappa shape index (κ2) is 15.8. The molecule has 2 heterocycles. The predicted octanol–water partition coefficient (Wildman–Crippen LogP) is 3.29. The number of anilines is 1. The summed E-state index contributed by atoms with van der Waals surface area (Å²) in [5, 5.41) is 10.3. The quantitative estimate of drug-likeness (QED) is 0.315. The lowest BCUT2D eigenvalue weighted by Gasteiger charge is -2.35. The first-order valence-electron chi connectivity index (χ1n) is 12.3. The lowest BCUT2D eigenvalue weighted by atomic mass is 10.2. The molecule has 220 valence electrons. The number of ether oxygens (including phenoxy) is 1. The maximum Gasteiger partial charge on any atom is 0.490 e. The fourth-order valence-electron chi connectivity index (χ4n) is 3.53. The van der Waals surface area contributed by atoms with E-state index in [1.165, 1.54) is 0 Å². The fraction of sp³-hybridized carbons (Fsp3) is 0.739. The number of carbonyl (C=O) groups is 1. The van der Waals surface area contributed by atoms with Gasteiger partial charge in [-0.2, -0.15) is 13.2 Å². The molecule has 2 atom stereocenters. The van der Waals surface area contributed by atoms with E-state index in [-0.39, 0.29) is 22.3 Å². The van der Waals surface area contributed by atoms with Crippen LogP contribution in [0.1, 0.15) is 40.5 Å². The van der Waals surface area contributed by atoms with E-state index in [9.17, 15) is 21.6 Å². The van der Waals surface area contributed by atoms with Gasteiger partial charge in [0.15, 0.2) is 5.03 Å². The summed E-state index contributed by atoms with van der Waals surface area (Å²) in [6.07, 6.45) is -2.95. The average molecular weight is 590 g/mol. The summed E-state index contributed by atoms with van der Waals surface area (Å²) in [5.41, 5.74) is 0. The number of alkyl halides is 3. The molecule has 1 aliphatic heterocycles. The van der Waals surface area contributed by atoms with Crippen LogP contribution in [-0.4, -0.2) is 105 Å². The lowest BCUT2D eigenvalue weighted by Crippen LogP contribution is -2.45. The minimum Gasteiger partial charge on any atom is -0.475 e. The second-order valence-electron chi connectivity index (χ2n) is 9.41. The Hall–Kier alpha value is -1.71. The Morgan fingerprint density at radius 1 is 1.24 bits per heavy atom. The molecule has 1 aromatic heterocycles. The first-order chi connectivity index (χ1) is 17.5. The van der Waals surface area contributed by atoms with Crippen LogP contribution in [0.5, 0.6) is 0 Å². The number of hydrogen-bond donors (Lipinski definition) is 3. The average Bonchev–Trinajstić information content (AvgIpc) is 2.78. The van der Waals surface area contributed by atoms with E-state index in [0.29, 0.717) is 24.9 Å². The van der Waals surface area contributed by atoms with Gasteiger partial charge in [0.1, 0.15) is 5.82 Å². The molecule has 10 nitrogen and oxygen atoms in total. The first-order valence-corrected chi connectivity index (χ1v) is 14.2. The summed E-state index contributed by atoms with van der Waals surface area (Å²) in [7, 11) is -1.72. The SMILES string of the molecule is CC1CN(CCCCNS(=O)(=O)c2nc(NCCN(C)C(C)C)ccc2Cl)CC(C)O1.O=C(O)C(F)(F)F. The summed E-state index contributed by atoms with van der Waals surface area (Å²) >= 11 is 6.14. The first kappa shape index (κ1) is 34.3. The van der Waals surface area contributed by atoms with Gasteiger partial charge in [0.25, 0.3) is 10.0 Å². The van der Waals surface area contributed by atoms with Crippen LogP contribution < -0.4 is 10.0 Å². The van der Waals surface area contributed by atoms with Crippen molar-refractivity contribution in [3.8, 4) is 0 Å². The number of pyridine rings is 1. The molecule has 0 spiro atoms. The molecule has 0 aromatic carbocycles. The van der Waals surface area contributed by atoms with Crippen molar-refractivity contribution in [1.29, 1.82) is 0 Å². The van der Waals surface area contributed by atoms with Crippen LogP contribution in [0.15, 0.2) is 17.2 Å². The van der Waals surface area contributed by atoms with Crippen molar-refractivity contribution in [3.63, 3.8) is 0 Å². The van der Waals surface area contributed by atoms with Crippen LogP contribution >= 0.6 is 11.6 Å². The van der Waals surface area contributed by atoms with Crippen molar-refractivity contribution in [2.45, 2.75) is 70.0 Å². The molecule has 0 bridgehead atoms. The largest absolute Gasteiger partial charge is 0.490 e. The van der Waals surface area contributed by atoms with Crippen molar-refractivity contribution in [3.05, 3.63) is 17.2 Å². The highest BCUT2D eigenvalue weighted by Gasteiger charge is 2.38. The number of hydrogen-bond acceptors (Lipinski definition) is 8. The number of nitrogens with one attached hydrogen (secondary N) is 2. The molecular weight excluding hydrogens is 551 g/mol. The van der Waals surface area contributed by atoms with Gasteiger partial charge in [-0.3, -0.25) is 4.90 Å². The molecule has 15 heteroatoms. The van der Waals surface area contributed by atoms with E-state index >= 15 is 0 Å². The van der Waals surface area contributed by atoms with Crippen LogP contribution in [0.4, 0.5) is 19.0 Å². The van der Waals surface area contributed by atoms with Gasteiger partial charge < -0.3 is 20.1 Å².